The molecule has 1 aromatic heterocycles. The van der Waals surface area contributed by atoms with E-state index in [0.29, 0.717) is 13.0 Å². The molecule has 4 heteroatoms. The maximum atomic E-state index is 10.8. The van der Waals surface area contributed by atoms with Gasteiger partial charge < -0.3 is 9.63 Å². The van der Waals surface area contributed by atoms with Crippen molar-refractivity contribution in [2.75, 3.05) is 13.1 Å². The minimum Gasteiger partial charge on any atom is -0.389 e. The van der Waals surface area contributed by atoms with E-state index in [0.717, 1.165) is 17.8 Å². The van der Waals surface area contributed by atoms with Crippen LogP contribution in [0.3, 0.4) is 0 Å². The van der Waals surface area contributed by atoms with Crippen LogP contribution >= 0.6 is 0 Å². The van der Waals surface area contributed by atoms with Crippen molar-refractivity contribution in [2.45, 2.75) is 18.1 Å². The zero-order chi connectivity index (χ0) is 21.8. The van der Waals surface area contributed by atoms with Crippen molar-refractivity contribution < 1.29 is 9.63 Å². The van der Waals surface area contributed by atoms with Gasteiger partial charge in [-0.25, -0.2) is 0 Å². The lowest BCUT2D eigenvalue weighted by Gasteiger charge is -2.48. The highest BCUT2D eigenvalue weighted by molar-refractivity contribution is 5.53. The summed E-state index contributed by atoms with van der Waals surface area (Å²) in [4.78, 5) is 2.48. The molecule has 160 valence electrons. The monoisotopic (exact) mass is 422 g/mol. The third-order valence-electron chi connectivity index (χ3n) is 6.31. The van der Waals surface area contributed by atoms with Gasteiger partial charge in [0.05, 0.1) is 11.6 Å². The number of hydrogen-bond donors (Lipinski definition) is 1. The summed E-state index contributed by atoms with van der Waals surface area (Å²) in [6.07, 6.45) is 3.66. The fourth-order valence-electron chi connectivity index (χ4n) is 4.87. The predicted molar refractivity (Wildman–Crippen MR) is 126 cm³/mol. The fraction of sp³-hybridized carbons (Fsp3) is 0.179. The van der Waals surface area contributed by atoms with Gasteiger partial charge in [0, 0.05) is 19.2 Å². The van der Waals surface area contributed by atoms with Gasteiger partial charge in [-0.3, -0.25) is 4.90 Å². The van der Waals surface area contributed by atoms with Gasteiger partial charge in [0.25, 0.3) is 0 Å². The van der Waals surface area contributed by atoms with Crippen molar-refractivity contribution in [1.82, 2.24) is 10.1 Å². The fourth-order valence-corrected chi connectivity index (χ4v) is 4.87. The largest absolute Gasteiger partial charge is 0.389 e. The molecule has 0 radical (unpaired) electrons. The van der Waals surface area contributed by atoms with E-state index >= 15 is 0 Å². The predicted octanol–water partition coefficient (Wildman–Crippen LogP) is 5.12. The Morgan fingerprint density at radius 1 is 0.812 bits per heavy atom. The van der Waals surface area contributed by atoms with Crippen molar-refractivity contribution in [3.05, 3.63) is 131 Å². The Hall–Kier alpha value is -3.47. The van der Waals surface area contributed by atoms with Gasteiger partial charge in [0.1, 0.15) is 12.0 Å². The van der Waals surface area contributed by atoms with Gasteiger partial charge in [0.15, 0.2) is 0 Å². The van der Waals surface area contributed by atoms with Crippen LogP contribution in [0.5, 0.6) is 0 Å². The molecule has 32 heavy (non-hydrogen) atoms. The van der Waals surface area contributed by atoms with Crippen LogP contribution in [0, 0.1) is 0 Å². The minimum absolute atomic E-state index is 0.493. The van der Waals surface area contributed by atoms with Crippen LogP contribution in [0.4, 0.5) is 0 Å². The molecule has 5 rings (SSSR count). The highest BCUT2D eigenvalue weighted by Crippen LogP contribution is 2.44. The Balaban J connectivity index is 1.71. The van der Waals surface area contributed by atoms with E-state index in [4.69, 9.17) is 4.52 Å². The summed E-state index contributed by atoms with van der Waals surface area (Å²) in [5.41, 5.74) is 4.79. The standard InChI is InChI=1S/C28H26N2O2/c31-27-16-18-30(21-22(27)20-26-17-19-32-29-26)28(23-10-4-1-5-11-23,24-12-6-2-7-13-24)25-14-8-3-9-15-25/h1-15,17,19-20,27,31H,16,18,21H2/b22-20-. The van der Waals surface area contributed by atoms with Gasteiger partial charge >= 0.3 is 0 Å². The quantitative estimate of drug-likeness (QED) is 0.454. The average Bonchev–Trinajstić information content (AvgIpc) is 3.37. The molecule has 1 saturated heterocycles. The molecule has 1 fully saturated rings. The van der Waals surface area contributed by atoms with Crippen LogP contribution in [0.2, 0.25) is 0 Å². The van der Waals surface area contributed by atoms with E-state index in [1.54, 1.807) is 6.26 Å². The molecule has 0 saturated carbocycles. The SMILES string of the molecule is OC1CCN(C(c2ccccc2)(c2ccccc2)c2ccccc2)C/C1=C/c1ccon1. The van der Waals surface area contributed by atoms with Crippen LogP contribution in [0.1, 0.15) is 28.8 Å². The third kappa shape index (κ3) is 3.68. The summed E-state index contributed by atoms with van der Waals surface area (Å²) in [5, 5.41) is 14.8. The van der Waals surface area contributed by atoms with Crippen LogP contribution in [-0.2, 0) is 5.54 Å². The lowest BCUT2D eigenvalue weighted by Crippen LogP contribution is -2.52. The molecule has 4 aromatic rings. The Morgan fingerprint density at radius 3 is 1.81 bits per heavy atom. The molecule has 1 atom stereocenters. The molecule has 1 aliphatic heterocycles. The average molecular weight is 423 g/mol. The lowest BCUT2D eigenvalue weighted by atomic mass is 9.74. The highest BCUT2D eigenvalue weighted by Gasteiger charge is 2.44. The van der Waals surface area contributed by atoms with Crippen molar-refractivity contribution in [3.8, 4) is 0 Å². The Kier molecular flexibility index (Phi) is 5.71. The number of hydrogen-bond acceptors (Lipinski definition) is 4. The van der Waals surface area contributed by atoms with Gasteiger partial charge in [-0.15, -0.1) is 0 Å². The van der Waals surface area contributed by atoms with Gasteiger partial charge in [0.2, 0.25) is 0 Å². The van der Waals surface area contributed by atoms with Crippen LogP contribution in [0.15, 0.2) is 113 Å². The Labute approximate surface area is 188 Å². The first kappa shape index (κ1) is 20.4. The normalized spacial score (nSPS) is 18.7. The van der Waals surface area contributed by atoms with Crippen LogP contribution in [0.25, 0.3) is 6.08 Å². The number of rotatable bonds is 5. The van der Waals surface area contributed by atoms with E-state index in [9.17, 15) is 5.11 Å². The second-order valence-corrected chi connectivity index (χ2v) is 8.18. The zero-order valence-corrected chi connectivity index (χ0v) is 17.8. The first-order valence-corrected chi connectivity index (χ1v) is 11.0. The number of nitrogens with zero attached hydrogens (tertiary/aromatic N) is 2. The van der Waals surface area contributed by atoms with E-state index < -0.39 is 11.6 Å². The molecule has 1 unspecified atom stereocenters. The smallest absolute Gasteiger partial charge is 0.124 e. The van der Waals surface area contributed by atoms with Crippen molar-refractivity contribution in [3.63, 3.8) is 0 Å². The molecular weight excluding hydrogens is 396 g/mol. The van der Waals surface area contributed by atoms with Crippen LogP contribution < -0.4 is 0 Å². The summed E-state index contributed by atoms with van der Waals surface area (Å²) in [7, 11) is 0. The maximum Gasteiger partial charge on any atom is 0.124 e. The molecule has 2 heterocycles. The van der Waals surface area contributed by atoms with Gasteiger partial charge in [-0.05, 0) is 34.8 Å². The molecule has 0 bridgehead atoms. The number of benzene rings is 3. The number of aromatic nitrogens is 1. The van der Waals surface area contributed by atoms with E-state index in [-0.39, 0.29) is 0 Å². The minimum atomic E-state index is -0.497. The van der Waals surface area contributed by atoms with E-state index in [1.807, 2.05) is 12.1 Å². The third-order valence-corrected chi connectivity index (χ3v) is 6.31. The topological polar surface area (TPSA) is 49.5 Å². The van der Waals surface area contributed by atoms with Crippen molar-refractivity contribution >= 4 is 6.08 Å². The molecule has 1 aliphatic rings. The van der Waals surface area contributed by atoms with Crippen LogP contribution in [-0.4, -0.2) is 34.4 Å². The second-order valence-electron chi connectivity index (χ2n) is 8.18. The number of piperidine rings is 1. The van der Waals surface area contributed by atoms with Gasteiger partial charge in [-0.2, -0.15) is 0 Å². The summed E-state index contributed by atoms with van der Waals surface area (Å²) < 4.78 is 5.00. The molecule has 0 spiro atoms. The zero-order valence-electron chi connectivity index (χ0n) is 17.8. The Bertz CT molecular complexity index is 1060. The first-order chi connectivity index (χ1) is 15.8. The molecular formula is C28H26N2O2. The summed E-state index contributed by atoms with van der Waals surface area (Å²) >= 11 is 0. The highest BCUT2D eigenvalue weighted by atomic mass is 16.5. The number of aliphatic hydroxyl groups excluding tert-OH is 1. The van der Waals surface area contributed by atoms with E-state index in [2.05, 4.69) is 101 Å². The maximum absolute atomic E-state index is 10.8. The van der Waals surface area contributed by atoms with Crippen molar-refractivity contribution in [1.29, 1.82) is 0 Å². The summed E-state index contributed by atoms with van der Waals surface area (Å²) in [5.74, 6) is 0. The van der Waals surface area contributed by atoms with Crippen molar-refractivity contribution in [2.24, 2.45) is 0 Å². The Morgan fingerprint density at radius 2 is 1.34 bits per heavy atom. The first-order valence-electron chi connectivity index (χ1n) is 11.0. The molecule has 1 N–H and O–H groups in total. The summed E-state index contributed by atoms with van der Waals surface area (Å²) in [6, 6.07) is 33.8. The summed E-state index contributed by atoms with van der Waals surface area (Å²) in [6.45, 7) is 1.38. The van der Waals surface area contributed by atoms with E-state index in [1.165, 1.54) is 16.7 Å². The second kappa shape index (κ2) is 8.95. The molecule has 3 aromatic carbocycles. The number of aliphatic hydroxyl groups is 1. The molecule has 4 nitrogen and oxygen atoms in total. The van der Waals surface area contributed by atoms with Gasteiger partial charge in [-0.1, -0.05) is 96.2 Å². The molecule has 0 aliphatic carbocycles. The lowest BCUT2D eigenvalue weighted by molar-refractivity contribution is 0.0871. The molecule has 0 amide bonds. The number of likely N-dealkylation sites (tertiary alicyclic amines) is 1.